The first-order chi connectivity index (χ1) is 5.11. The first-order valence-corrected chi connectivity index (χ1v) is 4.13. The molecule has 2 nitrogen and oxygen atoms in total. The van der Waals surface area contributed by atoms with E-state index >= 15 is 0 Å². The van der Waals surface area contributed by atoms with Crippen molar-refractivity contribution in [2.75, 3.05) is 5.73 Å². The molecule has 0 radical (unpaired) electrons. The lowest BCUT2D eigenvalue weighted by Crippen LogP contribution is -1.93. The second-order valence-electron chi connectivity index (χ2n) is 2.46. The molecule has 0 fully saturated rings. The summed E-state index contributed by atoms with van der Waals surface area (Å²) in [5, 5.41) is 9.22. The highest BCUT2D eigenvalue weighted by Gasteiger charge is 2.04. The van der Waals surface area contributed by atoms with Crippen LogP contribution in [0.4, 0.5) is 5.69 Å². The SMILES string of the molecule is CC(O)c1ccc(N)cc1Br. The van der Waals surface area contributed by atoms with Crippen LogP contribution >= 0.6 is 15.9 Å². The Morgan fingerprint density at radius 2 is 2.18 bits per heavy atom. The maximum absolute atomic E-state index is 9.22. The Balaban J connectivity index is 3.09. The van der Waals surface area contributed by atoms with Gasteiger partial charge in [0.2, 0.25) is 0 Å². The number of benzene rings is 1. The summed E-state index contributed by atoms with van der Waals surface area (Å²) in [6.45, 7) is 1.72. The van der Waals surface area contributed by atoms with E-state index in [-0.39, 0.29) is 0 Å². The highest BCUT2D eigenvalue weighted by molar-refractivity contribution is 9.10. The van der Waals surface area contributed by atoms with Crippen LogP contribution in [-0.2, 0) is 0 Å². The van der Waals surface area contributed by atoms with Crippen LogP contribution in [0.3, 0.4) is 0 Å². The van der Waals surface area contributed by atoms with Crippen molar-refractivity contribution >= 4 is 21.6 Å². The minimum Gasteiger partial charge on any atom is -0.399 e. The first kappa shape index (κ1) is 8.56. The molecule has 0 saturated heterocycles. The topological polar surface area (TPSA) is 46.2 Å². The Morgan fingerprint density at radius 1 is 1.55 bits per heavy atom. The van der Waals surface area contributed by atoms with Gasteiger partial charge in [0.1, 0.15) is 0 Å². The van der Waals surface area contributed by atoms with Crippen molar-refractivity contribution in [3.8, 4) is 0 Å². The summed E-state index contributed by atoms with van der Waals surface area (Å²) < 4.78 is 0.854. The van der Waals surface area contributed by atoms with Crippen LogP contribution in [0.5, 0.6) is 0 Å². The van der Waals surface area contributed by atoms with Gasteiger partial charge in [-0.25, -0.2) is 0 Å². The highest BCUT2D eigenvalue weighted by Crippen LogP contribution is 2.24. The summed E-state index contributed by atoms with van der Waals surface area (Å²) in [7, 11) is 0. The van der Waals surface area contributed by atoms with E-state index in [1.165, 1.54) is 0 Å². The quantitative estimate of drug-likeness (QED) is 0.706. The van der Waals surface area contributed by atoms with Crippen LogP contribution < -0.4 is 5.73 Å². The number of nitrogen functional groups attached to an aromatic ring is 1. The monoisotopic (exact) mass is 215 g/mol. The van der Waals surface area contributed by atoms with Gasteiger partial charge >= 0.3 is 0 Å². The van der Waals surface area contributed by atoms with Gasteiger partial charge in [0.15, 0.2) is 0 Å². The van der Waals surface area contributed by atoms with Gasteiger partial charge in [0.25, 0.3) is 0 Å². The van der Waals surface area contributed by atoms with E-state index in [0.717, 1.165) is 10.0 Å². The van der Waals surface area contributed by atoms with Crippen LogP contribution in [0.25, 0.3) is 0 Å². The molecule has 1 aromatic rings. The predicted molar refractivity (Wildman–Crippen MR) is 49.2 cm³/mol. The molecule has 1 unspecified atom stereocenters. The van der Waals surface area contributed by atoms with Gasteiger partial charge in [-0.05, 0) is 24.6 Å². The van der Waals surface area contributed by atoms with Gasteiger partial charge in [0.05, 0.1) is 6.10 Å². The molecule has 1 aromatic carbocycles. The van der Waals surface area contributed by atoms with Crippen LogP contribution in [0.1, 0.15) is 18.6 Å². The summed E-state index contributed by atoms with van der Waals surface area (Å²) in [5.41, 5.74) is 7.07. The second-order valence-corrected chi connectivity index (χ2v) is 3.31. The molecule has 11 heavy (non-hydrogen) atoms. The fraction of sp³-hybridized carbons (Fsp3) is 0.250. The van der Waals surface area contributed by atoms with Crippen molar-refractivity contribution in [2.24, 2.45) is 0 Å². The Kier molecular flexibility index (Phi) is 2.52. The number of hydrogen-bond acceptors (Lipinski definition) is 2. The van der Waals surface area contributed by atoms with Crippen LogP contribution in [0, 0.1) is 0 Å². The molecule has 0 spiro atoms. The average Bonchev–Trinajstić information content (AvgIpc) is 1.85. The average molecular weight is 216 g/mol. The van der Waals surface area contributed by atoms with E-state index in [1.807, 2.05) is 6.07 Å². The standard InChI is InChI=1S/C8H10BrNO/c1-5(11)7-3-2-6(10)4-8(7)9/h2-5,11H,10H2,1H3. The third-order valence-electron chi connectivity index (χ3n) is 1.47. The molecule has 0 aliphatic rings. The fourth-order valence-electron chi connectivity index (χ4n) is 0.882. The molecule has 0 aliphatic heterocycles. The molecule has 0 heterocycles. The van der Waals surface area contributed by atoms with Gasteiger partial charge in [-0.3, -0.25) is 0 Å². The third kappa shape index (κ3) is 1.94. The van der Waals surface area contributed by atoms with E-state index in [0.29, 0.717) is 5.69 Å². The summed E-state index contributed by atoms with van der Waals surface area (Å²) in [5.74, 6) is 0. The lowest BCUT2D eigenvalue weighted by Gasteiger charge is -2.07. The number of hydrogen-bond donors (Lipinski definition) is 2. The molecule has 0 amide bonds. The van der Waals surface area contributed by atoms with Crippen LogP contribution in [0.2, 0.25) is 0 Å². The van der Waals surface area contributed by atoms with Gasteiger partial charge in [0, 0.05) is 10.2 Å². The zero-order valence-corrected chi connectivity index (χ0v) is 7.80. The van der Waals surface area contributed by atoms with Gasteiger partial charge in [-0.2, -0.15) is 0 Å². The second kappa shape index (κ2) is 3.24. The maximum Gasteiger partial charge on any atom is 0.0772 e. The van der Waals surface area contributed by atoms with Crippen molar-refractivity contribution in [2.45, 2.75) is 13.0 Å². The minimum absolute atomic E-state index is 0.454. The number of nitrogens with two attached hydrogens (primary N) is 1. The molecule has 0 aliphatic carbocycles. The molecule has 60 valence electrons. The van der Waals surface area contributed by atoms with Crippen molar-refractivity contribution in [1.82, 2.24) is 0 Å². The van der Waals surface area contributed by atoms with E-state index in [2.05, 4.69) is 15.9 Å². The fourth-order valence-corrected chi connectivity index (χ4v) is 1.61. The van der Waals surface area contributed by atoms with Gasteiger partial charge < -0.3 is 10.8 Å². The molecule has 3 N–H and O–H groups in total. The van der Waals surface area contributed by atoms with E-state index in [1.54, 1.807) is 19.1 Å². The first-order valence-electron chi connectivity index (χ1n) is 3.34. The molecule has 0 aromatic heterocycles. The number of rotatable bonds is 1. The summed E-state index contributed by atoms with van der Waals surface area (Å²) >= 11 is 3.31. The molecule has 0 bridgehead atoms. The molecular weight excluding hydrogens is 206 g/mol. The van der Waals surface area contributed by atoms with Crippen molar-refractivity contribution in [1.29, 1.82) is 0 Å². The minimum atomic E-state index is -0.454. The van der Waals surface area contributed by atoms with Gasteiger partial charge in [-0.15, -0.1) is 0 Å². The molecule has 0 saturated carbocycles. The van der Waals surface area contributed by atoms with Crippen molar-refractivity contribution in [3.63, 3.8) is 0 Å². The Hall–Kier alpha value is -0.540. The zero-order chi connectivity index (χ0) is 8.43. The smallest absolute Gasteiger partial charge is 0.0772 e. The maximum atomic E-state index is 9.22. The number of aliphatic hydroxyl groups is 1. The Morgan fingerprint density at radius 3 is 2.64 bits per heavy atom. The Bertz CT molecular complexity index is 260. The molecule has 1 rings (SSSR count). The number of halogens is 1. The largest absolute Gasteiger partial charge is 0.399 e. The molecule has 3 heteroatoms. The summed E-state index contributed by atoms with van der Waals surface area (Å²) in [4.78, 5) is 0. The molecule has 1 atom stereocenters. The number of anilines is 1. The lowest BCUT2D eigenvalue weighted by atomic mass is 10.1. The summed E-state index contributed by atoms with van der Waals surface area (Å²) in [6, 6.07) is 5.36. The normalized spacial score (nSPS) is 13.0. The number of aliphatic hydroxyl groups excluding tert-OH is 1. The predicted octanol–water partition coefficient (Wildman–Crippen LogP) is 2.08. The summed E-state index contributed by atoms with van der Waals surface area (Å²) in [6.07, 6.45) is -0.454. The van der Waals surface area contributed by atoms with Crippen LogP contribution in [0.15, 0.2) is 22.7 Å². The molecular formula is C8H10BrNO. The van der Waals surface area contributed by atoms with Crippen molar-refractivity contribution in [3.05, 3.63) is 28.2 Å². The highest BCUT2D eigenvalue weighted by atomic mass is 79.9. The van der Waals surface area contributed by atoms with E-state index < -0.39 is 6.10 Å². The lowest BCUT2D eigenvalue weighted by molar-refractivity contribution is 0.198. The van der Waals surface area contributed by atoms with Gasteiger partial charge in [-0.1, -0.05) is 22.0 Å². The third-order valence-corrected chi connectivity index (χ3v) is 2.16. The Labute approximate surface area is 74.2 Å². The zero-order valence-electron chi connectivity index (χ0n) is 6.21. The van der Waals surface area contributed by atoms with Crippen molar-refractivity contribution < 1.29 is 5.11 Å². The van der Waals surface area contributed by atoms with E-state index in [9.17, 15) is 5.11 Å². The van der Waals surface area contributed by atoms with Crippen LogP contribution in [-0.4, -0.2) is 5.11 Å². The van der Waals surface area contributed by atoms with E-state index in [4.69, 9.17) is 5.73 Å².